The summed E-state index contributed by atoms with van der Waals surface area (Å²) in [4.78, 5) is 12.3. The Balaban J connectivity index is 2.12. The smallest absolute Gasteiger partial charge is 0.314 e. The van der Waals surface area contributed by atoms with Crippen LogP contribution in [-0.4, -0.2) is 25.3 Å². The third-order valence-corrected chi connectivity index (χ3v) is 4.80. The molecule has 0 N–H and O–H groups in total. The fourth-order valence-corrected chi connectivity index (χ4v) is 3.11. The summed E-state index contributed by atoms with van der Waals surface area (Å²) < 4.78 is 11.0. The molecule has 0 aliphatic heterocycles. The minimum absolute atomic E-state index is 0.0561. The second-order valence-corrected chi connectivity index (χ2v) is 6.86. The summed E-state index contributed by atoms with van der Waals surface area (Å²) in [5.74, 6) is 0.475. The van der Waals surface area contributed by atoms with Crippen molar-refractivity contribution in [1.29, 1.82) is 0 Å². The molecule has 3 aliphatic carbocycles. The molecule has 3 nitrogen and oxygen atoms in total. The first-order chi connectivity index (χ1) is 8.25. The Morgan fingerprint density at radius 3 is 2.61 bits per heavy atom. The lowest BCUT2D eigenvalue weighted by molar-refractivity contribution is -0.218. The summed E-state index contributed by atoms with van der Waals surface area (Å²) in [6.45, 7) is 8.51. The molecule has 0 aromatic rings. The maximum atomic E-state index is 12.3. The molecule has 2 bridgehead atoms. The quantitative estimate of drug-likeness (QED) is 0.570. The van der Waals surface area contributed by atoms with E-state index in [0.717, 1.165) is 12.8 Å². The Labute approximate surface area is 110 Å². The van der Waals surface area contributed by atoms with Gasteiger partial charge in [-0.3, -0.25) is 4.79 Å². The maximum Gasteiger partial charge on any atom is 0.314 e. The van der Waals surface area contributed by atoms with Crippen LogP contribution in [0.15, 0.2) is 12.2 Å². The van der Waals surface area contributed by atoms with Gasteiger partial charge in [-0.1, -0.05) is 19.9 Å². The molecule has 2 unspecified atom stereocenters. The van der Waals surface area contributed by atoms with Gasteiger partial charge in [-0.05, 0) is 38.7 Å². The second kappa shape index (κ2) is 4.09. The van der Waals surface area contributed by atoms with Crippen LogP contribution in [0.1, 0.15) is 40.5 Å². The highest BCUT2D eigenvalue weighted by Gasteiger charge is 2.63. The topological polar surface area (TPSA) is 35.5 Å². The van der Waals surface area contributed by atoms with Crippen molar-refractivity contribution in [3.63, 3.8) is 0 Å². The van der Waals surface area contributed by atoms with Crippen molar-refractivity contribution in [2.75, 3.05) is 13.7 Å². The zero-order valence-corrected chi connectivity index (χ0v) is 12.1. The van der Waals surface area contributed by atoms with Crippen molar-refractivity contribution < 1.29 is 14.3 Å². The first-order valence-electron chi connectivity index (χ1n) is 6.65. The minimum Gasteiger partial charge on any atom is -0.454 e. The fraction of sp³-hybridized carbons (Fsp3) is 0.800. The fourth-order valence-electron chi connectivity index (χ4n) is 3.11. The van der Waals surface area contributed by atoms with Gasteiger partial charge in [0.1, 0.15) is 5.60 Å². The van der Waals surface area contributed by atoms with Gasteiger partial charge in [0.05, 0.1) is 12.0 Å². The molecule has 0 amide bonds. The number of carbonyl (C=O) groups excluding carboxylic acids is 1. The number of hydrogen-bond acceptors (Lipinski definition) is 3. The van der Waals surface area contributed by atoms with E-state index in [4.69, 9.17) is 9.47 Å². The molecule has 0 aromatic heterocycles. The molecule has 3 heteroatoms. The highest BCUT2D eigenvalue weighted by Crippen LogP contribution is 2.61. The Bertz CT molecular complexity index is 381. The molecule has 0 heterocycles. The molecule has 2 atom stereocenters. The molecule has 3 aliphatic rings. The standard InChI is InChI=1S/C15H24O3/c1-13(2,10-17-5)12(16)18-15-8-6-7-11(9-15)14(15,3)4/h6,8,11H,7,9-10H2,1-5H3. The lowest BCUT2D eigenvalue weighted by Crippen LogP contribution is -2.64. The summed E-state index contributed by atoms with van der Waals surface area (Å²) in [7, 11) is 1.61. The number of ether oxygens (including phenoxy) is 2. The molecule has 1 fully saturated rings. The molecule has 18 heavy (non-hydrogen) atoms. The van der Waals surface area contributed by atoms with Crippen LogP contribution in [0.3, 0.4) is 0 Å². The zero-order chi connectivity index (χ0) is 13.6. The number of rotatable bonds is 4. The average Bonchev–Trinajstić information content (AvgIpc) is 2.29. The van der Waals surface area contributed by atoms with Gasteiger partial charge >= 0.3 is 5.97 Å². The predicted octanol–water partition coefficient (Wildman–Crippen LogP) is 2.95. The summed E-state index contributed by atoms with van der Waals surface area (Å²) in [6.07, 6.45) is 6.31. The summed E-state index contributed by atoms with van der Waals surface area (Å²) in [5.41, 5.74) is -0.922. The molecule has 0 aromatic carbocycles. The van der Waals surface area contributed by atoms with Crippen LogP contribution in [-0.2, 0) is 14.3 Å². The molecular weight excluding hydrogens is 228 g/mol. The Morgan fingerprint density at radius 1 is 1.44 bits per heavy atom. The van der Waals surface area contributed by atoms with Crippen molar-refractivity contribution in [2.24, 2.45) is 16.7 Å². The van der Waals surface area contributed by atoms with Crippen LogP contribution in [0.4, 0.5) is 0 Å². The van der Waals surface area contributed by atoms with Crippen LogP contribution in [0.2, 0.25) is 0 Å². The maximum absolute atomic E-state index is 12.3. The van der Waals surface area contributed by atoms with Gasteiger partial charge < -0.3 is 9.47 Å². The summed E-state index contributed by atoms with van der Waals surface area (Å²) >= 11 is 0. The Kier molecular flexibility index (Phi) is 3.09. The SMILES string of the molecule is COCC(C)(C)C(=O)OC12C=CCC(C1)C2(C)C. The van der Waals surface area contributed by atoms with E-state index in [9.17, 15) is 4.79 Å². The lowest BCUT2D eigenvalue weighted by Gasteiger charge is -2.61. The molecule has 0 saturated heterocycles. The van der Waals surface area contributed by atoms with Crippen LogP contribution >= 0.6 is 0 Å². The van der Waals surface area contributed by atoms with Crippen LogP contribution in [0.5, 0.6) is 0 Å². The monoisotopic (exact) mass is 252 g/mol. The van der Waals surface area contributed by atoms with Crippen molar-refractivity contribution >= 4 is 5.97 Å². The number of fused-ring (bicyclic) bond motifs is 1. The van der Waals surface area contributed by atoms with E-state index >= 15 is 0 Å². The molecular formula is C15H24O3. The summed E-state index contributed by atoms with van der Waals surface area (Å²) in [6, 6.07) is 0. The first-order valence-corrected chi connectivity index (χ1v) is 6.65. The van der Waals surface area contributed by atoms with Gasteiger partial charge in [0, 0.05) is 12.5 Å². The summed E-state index contributed by atoms with van der Waals surface area (Å²) in [5, 5.41) is 0. The molecule has 1 saturated carbocycles. The van der Waals surface area contributed by atoms with Gasteiger partial charge in [-0.25, -0.2) is 0 Å². The third-order valence-electron chi connectivity index (χ3n) is 4.80. The molecule has 0 spiro atoms. The van der Waals surface area contributed by atoms with E-state index < -0.39 is 11.0 Å². The number of hydrogen-bond donors (Lipinski definition) is 0. The van der Waals surface area contributed by atoms with Crippen molar-refractivity contribution in [1.82, 2.24) is 0 Å². The highest BCUT2D eigenvalue weighted by molar-refractivity contribution is 5.77. The molecule has 3 rings (SSSR count). The van der Waals surface area contributed by atoms with E-state index in [1.807, 2.05) is 13.8 Å². The number of carbonyl (C=O) groups is 1. The number of methoxy groups -OCH3 is 1. The van der Waals surface area contributed by atoms with E-state index in [0.29, 0.717) is 12.5 Å². The Morgan fingerprint density at radius 2 is 2.11 bits per heavy atom. The van der Waals surface area contributed by atoms with E-state index in [1.54, 1.807) is 7.11 Å². The molecule has 0 radical (unpaired) electrons. The van der Waals surface area contributed by atoms with Crippen molar-refractivity contribution in [3.8, 4) is 0 Å². The largest absolute Gasteiger partial charge is 0.454 e. The predicted molar refractivity (Wildman–Crippen MR) is 70.1 cm³/mol. The van der Waals surface area contributed by atoms with Gasteiger partial charge in [-0.15, -0.1) is 0 Å². The minimum atomic E-state index is -0.587. The van der Waals surface area contributed by atoms with E-state index in [1.165, 1.54) is 0 Å². The number of allylic oxidation sites excluding steroid dienone is 1. The van der Waals surface area contributed by atoms with Crippen LogP contribution in [0, 0.1) is 16.7 Å². The average molecular weight is 252 g/mol. The molecule has 102 valence electrons. The van der Waals surface area contributed by atoms with Crippen molar-refractivity contribution in [3.05, 3.63) is 12.2 Å². The Hall–Kier alpha value is -0.830. The second-order valence-electron chi connectivity index (χ2n) is 6.86. The normalized spacial score (nSPS) is 32.8. The number of esters is 1. The van der Waals surface area contributed by atoms with Crippen LogP contribution < -0.4 is 0 Å². The van der Waals surface area contributed by atoms with E-state index in [-0.39, 0.29) is 11.4 Å². The van der Waals surface area contributed by atoms with Gasteiger partial charge in [0.25, 0.3) is 0 Å². The highest BCUT2D eigenvalue weighted by atomic mass is 16.6. The van der Waals surface area contributed by atoms with Crippen LogP contribution in [0.25, 0.3) is 0 Å². The van der Waals surface area contributed by atoms with Crippen molar-refractivity contribution in [2.45, 2.75) is 46.1 Å². The van der Waals surface area contributed by atoms with Gasteiger partial charge in [0.2, 0.25) is 0 Å². The van der Waals surface area contributed by atoms with Gasteiger partial charge in [0.15, 0.2) is 0 Å². The first kappa shape index (κ1) is 13.6. The van der Waals surface area contributed by atoms with E-state index in [2.05, 4.69) is 26.0 Å². The van der Waals surface area contributed by atoms with Gasteiger partial charge in [-0.2, -0.15) is 0 Å². The lowest BCUT2D eigenvalue weighted by atomic mass is 9.48. The zero-order valence-electron chi connectivity index (χ0n) is 12.1. The third kappa shape index (κ3) is 1.80.